The lowest BCUT2D eigenvalue weighted by molar-refractivity contribution is 0.934. The Bertz CT molecular complexity index is 138. The molecule has 0 radical (unpaired) electrons. The molecule has 1 saturated carbocycles. The van der Waals surface area contributed by atoms with Gasteiger partial charge < -0.3 is 0 Å². The first kappa shape index (κ1) is 6.60. The molecule has 0 aliphatic heterocycles. The molecule has 1 rings (SSSR count). The van der Waals surface area contributed by atoms with E-state index in [1.165, 1.54) is 24.0 Å². The highest BCUT2D eigenvalue weighted by molar-refractivity contribution is 5.14. The zero-order chi connectivity index (χ0) is 6.85. The van der Waals surface area contributed by atoms with E-state index < -0.39 is 0 Å². The largest absolute Gasteiger partial charge is 0.0998 e. The van der Waals surface area contributed by atoms with Crippen LogP contribution in [0, 0.1) is 5.92 Å². The zero-order valence-electron chi connectivity index (χ0n) is 6.11. The van der Waals surface area contributed by atoms with Crippen molar-refractivity contribution in [3.63, 3.8) is 0 Å². The quantitative estimate of drug-likeness (QED) is 0.505. The summed E-state index contributed by atoms with van der Waals surface area (Å²) in [6.45, 7) is 9.90. The van der Waals surface area contributed by atoms with Gasteiger partial charge in [-0.1, -0.05) is 24.3 Å². The van der Waals surface area contributed by atoms with Crippen molar-refractivity contribution in [2.75, 3.05) is 0 Å². The molecule has 0 spiro atoms. The fourth-order valence-electron chi connectivity index (χ4n) is 1.02. The van der Waals surface area contributed by atoms with Crippen LogP contribution in [0.5, 0.6) is 0 Å². The van der Waals surface area contributed by atoms with Gasteiger partial charge in [0.25, 0.3) is 0 Å². The van der Waals surface area contributed by atoms with Gasteiger partial charge in [0.1, 0.15) is 0 Å². The highest BCUT2D eigenvalue weighted by atomic mass is 14.3. The first-order valence-corrected chi connectivity index (χ1v) is 3.52. The molecule has 9 heavy (non-hydrogen) atoms. The second-order valence-electron chi connectivity index (χ2n) is 3.07. The fraction of sp³-hybridized carbons (Fsp3) is 0.556. The van der Waals surface area contributed by atoms with Crippen molar-refractivity contribution in [1.82, 2.24) is 0 Å². The minimum Gasteiger partial charge on any atom is -0.0998 e. The van der Waals surface area contributed by atoms with E-state index in [0.717, 1.165) is 12.3 Å². The fourth-order valence-corrected chi connectivity index (χ4v) is 1.02. The van der Waals surface area contributed by atoms with Crippen LogP contribution in [0.15, 0.2) is 24.3 Å². The van der Waals surface area contributed by atoms with E-state index in [9.17, 15) is 0 Å². The molecule has 1 aliphatic carbocycles. The van der Waals surface area contributed by atoms with Crippen molar-refractivity contribution < 1.29 is 0 Å². The summed E-state index contributed by atoms with van der Waals surface area (Å²) in [5, 5.41) is 0. The Morgan fingerprint density at radius 3 is 2.33 bits per heavy atom. The van der Waals surface area contributed by atoms with Crippen LogP contribution in [0.3, 0.4) is 0 Å². The van der Waals surface area contributed by atoms with Gasteiger partial charge in [0, 0.05) is 0 Å². The normalized spacial score (nSPS) is 17.4. The molecule has 0 nitrogen and oxygen atoms in total. The average molecular weight is 122 g/mol. The standard InChI is InChI=1S/C9H14/c1-7(2)6-8(3)9-4-5-9/h9H,1,3-6H2,2H3. The van der Waals surface area contributed by atoms with Crippen molar-refractivity contribution in [2.45, 2.75) is 26.2 Å². The Morgan fingerprint density at radius 2 is 2.00 bits per heavy atom. The van der Waals surface area contributed by atoms with Gasteiger partial charge in [0.2, 0.25) is 0 Å². The molecular weight excluding hydrogens is 108 g/mol. The Balaban J connectivity index is 2.26. The molecule has 0 aromatic rings. The summed E-state index contributed by atoms with van der Waals surface area (Å²) in [6, 6.07) is 0. The average Bonchev–Trinajstić information content (AvgIpc) is 2.40. The molecule has 1 aliphatic rings. The molecule has 0 unspecified atom stereocenters. The zero-order valence-corrected chi connectivity index (χ0v) is 6.11. The first-order valence-electron chi connectivity index (χ1n) is 3.52. The first-order chi connectivity index (χ1) is 4.20. The van der Waals surface area contributed by atoms with Crippen LogP contribution in [-0.2, 0) is 0 Å². The van der Waals surface area contributed by atoms with Crippen LogP contribution in [0.25, 0.3) is 0 Å². The van der Waals surface area contributed by atoms with Crippen LogP contribution in [0.4, 0.5) is 0 Å². The highest BCUT2D eigenvalue weighted by Crippen LogP contribution is 2.37. The molecule has 0 N–H and O–H groups in total. The van der Waals surface area contributed by atoms with E-state index in [4.69, 9.17) is 0 Å². The summed E-state index contributed by atoms with van der Waals surface area (Å²) in [7, 11) is 0. The third-order valence-corrected chi connectivity index (χ3v) is 1.68. The maximum atomic E-state index is 4.00. The van der Waals surface area contributed by atoms with Crippen LogP contribution in [-0.4, -0.2) is 0 Å². The summed E-state index contributed by atoms with van der Waals surface area (Å²) in [5.41, 5.74) is 2.63. The van der Waals surface area contributed by atoms with Gasteiger partial charge >= 0.3 is 0 Å². The number of allylic oxidation sites excluding steroid dienone is 2. The lowest BCUT2D eigenvalue weighted by Gasteiger charge is -2.00. The Labute approximate surface area is 57.3 Å². The van der Waals surface area contributed by atoms with E-state index >= 15 is 0 Å². The van der Waals surface area contributed by atoms with E-state index in [1.807, 2.05) is 0 Å². The Hall–Kier alpha value is -0.520. The summed E-state index contributed by atoms with van der Waals surface area (Å²) >= 11 is 0. The van der Waals surface area contributed by atoms with Gasteiger partial charge in [-0.2, -0.15) is 0 Å². The molecule has 0 aromatic carbocycles. The smallest absolute Gasteiger partial charge is 0.0114 e. The van der Waals surface area contributed by atoms with Crippen LogP contribution in [0.2, 0.25) is 0 Å². The summed E-state index contributed by atoms with van der Waals surface area (Å²) < 4.78 is 0. The van der Waals surface area contributed by atoms with Crippen molar-refractivity contribution in [1.29, 1.82) is 0 Å². The van der Waals surface area contributed by atoms with Gasteiger partial charge in [-0.05, 0) is 32.1 Å². The molecular formula is C9H14. The third-order valence-electron chi connectivity index (χ3n) is 1.68. The van der Waals surface area contributed by atoms with Crippen molar-refractivity contribution >= 4 is 0 Å². The summed E-state index contributed by atoms with van der Waals surface area (Å²) in [6.07, 6.45) is 3.78. The summed E-state index contributed by atoms with van der Waals surface area (Å²) in [5.74, 6) is 0.849. The molecule has 0 bridgehead atoms. The lowest BCUT2D eigenvalue weighted by Crippen LogP contribution is -1.83. The molecule has 0 aromatic heterocycles. The van der Waals surface area contributed by atoms with Crippen LogP contribution >= 0.6 is 0 Å². The molecule has 0 heteroatoms. The molecule has 0 saturated heterocycles. The Kier molecular flexibility index (Phi) is 1.75. The minimum absolute atomic E-state index is 0.849. The van der Waals surface area contributed by atoms with Crippen molar-refractivity contribution in [2.24, 2.45) is 5.92 Å². The second kappa shape index (κ2) is 2.38. The molecule has 0 amide bonds. The van der Waals surface area contributed by atoms with Gasteiger partial charge in [0.15, 0.2) is 0 Å². The van der Waals surface area contributed by atoms with Gasteiger partial charge in [-0.3, -0.25) is 0 Å². The maximum Gasteiger partial charge on any atom is -0.0114 e. The predicted molar refractivity (Wildman–Crippen MR) is 41.3 cm³/mol. The van der Waals surface area contributed by atoms with Crippen LogP contribution in [0.1, 0.15) is 26.2 Å². The monoisotopic (exact) mass is 122 g/mol. The highest BCUT2D eigenvalue weighted by Gasteiger charge is 2.23. The predicted octanol–water partition coefficient (Wildman–Crippen LogP) is 2.92. The lowest BCUT2D eigenvalue weighted by atomic mass is 10.1. The summed E-state index contributed by atoms with van der Waals surface area (Å²) in [4.78, 5) is 0. The number of hydrogen-bond acceptors (Lipinski definition) is 0. The van der Waals surface area contributed by atoms with Gasteiger partial charge in [-0.25, -0.2) is 0 Å². The number of rotatable bonds is 3. The number of hydrogen-bond donors (Lipinski definition) is 0. The second-order valence-corrected chi connectivity index (χ2v) is 3.07. The molecule has 1 fully saturated rings. The molecule has 0 atom stereocenters. The Morgan fingerprint density at radius 1 is 1.44 bits per heavy atom. The van der Waals surface area contributed by atoms with E-state index in [-0.39, 0.29) is 0 Å². The van der Waals surface area contributed by atoms with E-state index in [1.54, 1.807) is 0 Å². The SMILES string of the molecule is C=C(C)CC(=C)C1CC1. The van der Waals surface area contributed by atoms with Crippen LogP contribution < -0.4 is 0 Å². The van der Waals surface area contributed by atoms with E-state index in [0.29, 0.717) is 0 Å². The maximum absolute atomic E-state index is 4.00. The van der Waals surface area contributed by atoms with Gasteiger partial charge in [-0.15, -0.1) is 0 Å². The van der Waals surface area contributed by atoms with Crippen molar-refractivity contribution in [3.8, 4) is 0 Å². The third kappa shape index (κ3) is 2.05. The van der Waals surface area contributed by atoms with Gasteiger partial charge in [0.05, 0.1) is 0 Å². The van der Waals surface area contributed by atoms with Crippen molar-refractivity contribution in [3.05, 3.63) is 24.3 Å². The minimum atomic E-state index is 0.849. The van der Waals surface area contributed by atoms with E-state index in [2.05, 4.69) is 20.1 Å². The topological polar surface area (TPSA) is 0 Å². The molecule has 50 valence electrons. The molecule has 0 heterocycles.